The number of hydrogen-bond acceptors (Lipinski definition) is 4. The van der Waals surface area contributed by atoms with Crippen molar-refractivity contribution in [1.29, 1.82) is 0 Å². The molecule has 2 fully saturated rings. The first kappa shape index (κ1) is 16.1. The largest absolute Gasteiger partial charge is 0.444 e. The van der Waals surface area contributed by atoms with Gasteiger partial charge in [-0.05, 0) is 40.5 Å². The summed E-state index contributed by atoms with van der Waals surface area (Å²) in [7, 11) is 0. The summed E-state index contributed by atoms with van der Waals surface area (Å²) in [5, 5.41) is 0. The molecule has 6 heteroatoms. The minimum absolute atomic E-state index is 0.0770. The van der Waals surface area contributed by atoms with Crippen LogP contribution in [0.5, 0.6) is 0 Å². The van der Waals surface area contributed by atoms with E-state index in [1.54, 1.807) is 4.90 Å². The van der Waals surface area contributed by atoms with Gasteiger partial charge in [-0.1, -0.05) is 0 Å². The Morgan fingerprint density at radius 2 is 1.57 bits per heavy atom. The zero-order valence-electron chi connectivity index (χ0n) is 13.5. The van der Waals surface area contributed by atoms with Gasteiger partial charge in [-0.2, -0.15) is 0 Å². The van der Waals surface area contributed by atoms with E-state index in [0.717, 1.165) is 12.8 Å². The van der Waals surface area contributed by atoms with Gasteiger partial charge in [-0.3, -0.25) is 4.79 Å². The van der Waals surface area contributed by atoms with Crippen molar-refractivity contribution in [2.75, 3.05) is 32.8 Å². The Hall–Kier alpha value is -1.30. The number of carbonyl (C=O) groups is 2. The molecule has 0 aromatic heterocycles. The second-order valence-electron chi connectivity index (χ2n) is 6.69. The van der Waals surface area contributed by atoms with Crippen LogP contribution in [0, 0.1) is 0 Å². The van der Waals surface area contributed by atoms with E-state index in [-0.39, 0.29) is 12.0 Å². The molecule has 1 heterocycles. The van der Waals surface area contributed by atoms with Crippen LogP contribution >= 0.6 is 0 Å². The Morgan fingerprint density at radius 1 is 1.05 bits per heavy atom. The second-order valence-corrected chi connectivity index (χ2v) is 6.69. The molecule has 0 radical (unpaired) electrons. The molecule has 0 unspecified atom stereocenters. The summed E-state index contributed by atoms with van der Waals surface area (Å²) in [5.74, 6) is 0.0770. The quantitative estimate of drug-likeness (QED) is 0.794. The molecule has 6 nitrogen and oxygen atoms in total. The molecule has 120 valence electrons. The smallest absolute Gasteiger partial charge is 0.410 e. The van der Waals surface area contributed by atoms with Crippen LogP contribution in [-0.4, -0.2) is 65.8 Å². The Morgan fingerprint density at radius 3 is 2.00 bits per heavy atom. The molecular weight excluding hydrogens is 272 g/mol. The second kappa shape index (κ2) is 5.83. The summed E-state index contributed by atoms with van der Waals surface area (Å²) < 4.78 is 10.9. The van der Waals surface area contributed by atoms with Gasteiger partial charge in [0.1, 0.15) is 11.2 Å². The highest BCUT2D eigenvalue weighted by molar-refractivity contribution is 5.88. The molecule has 21 heavy (non-hydrogen) atoms. The molecule has 0 atom stereocenters. The summed E-state index contributed by atoms with van der Waals surface area (Å²) in [4.78, 5) is 27.9. The van der Waals surface area contributed by atoms with Gasteiger partial charge in [0, 0.05) is 32.8 Å². The third-order valence-corrected chi connectivity index (χ3v) is 3.73. The summed E-state index contributed by atoms with van der Waals surface area (Å²) in [6.45, 7) is 10.2. The number of piperazine rings is 1. The third-order valence-electron chi connectivity index (χ3n) is 3.73. The molecule has 2 amide bonds. The summed E-state index contributed by atoms with van der Waals surface area (Å²) in [6.07, 6.45) is 1.32. The number of ether oxygens (including phenoxy) is 2. The predicted octanol–water partition coefficient (Wildman–Crippen LogP) is 1.63. The van der Waals surface area contributed by atoms with Crippen molar-refractivity contribution < 1.29 is 19.1 Å². The first-order chi connectivity index (χ1) is 9.77. The molecule has 2 aliphatic rings. The number of nitrogens with zero attached hydrogens (tertiary/aromatic N) is 2. The summed E-state index contributed by atoms with van der Waals surface area (Å²) >= 11 is 0. The maximum atomic E-state index is 12.4. The first-order valence-corrected chi connectivity index (χ1v) is 7.69. The van der Waals surface area contributed by atoms with Crippen molar-refractivity contribution in [2.45, 2.75) is 51.7 Å². The Balaban J connectivity index is 1.83. The van der Waals surface area contributed by atoms with E-state index in [1.807, 2.05) is 32.6 Å². The highest BCUT2D eigenvalue weighted by Gasteiger charge is 2.53. The van der Waals surface area contributed by atoms with E-state index in [4.69, 9.17) is 9.47 Å². The van der Waals surface area contributed by atoms with Gasteiger partial charge >= 0.3 is 6.09 Å². The summed E-state index contributed by atoms with van der Waals surface area (Å²) in [6, 6.07) is 0. The van der Waals surface area contributed by atoms with Crippen LogP contribution in [-0.2, 0) is 14.3 Å². The molecule has 0 N–H and O–H groups in total. The van der Waals surface area contributed by atoms with Gasteiger partial charge in [-0.25, -0.2) is 4.79 Å². The van der Waals surface area contributed by atoms with E-state index in [1.165, 1.54) is 0 Å². The predicted molar refractivity (Wildman–Crippen MR) is 78.0 cm³/mol. The fraction of sp³-hybridized carbons (Fsp3) is 0.867. The van der Waals surface area contributed by atoms with Crippen molar-refractivity contribution in [2.24, 2.45) is 0 Å². The lowest BCUT2D eigenvalue weighted by atomic mass is 10.2. The molecular formula is C15H26N2O4. The molecule has 1 aliphatic carbocycles. The maximum Gasteiger partial charge on any atom is 0.410 e. The average molecular weight is 298 g/mol. The highest BCUT2D eigenvalue weighted by atomic mass is 16.6. The van der Waals surface area contributed by atoms with Crippen LogP contribution in [0.15, 0.2) is 0 Å². The summed E-state index contributed by atoms with van der Waals surface area (Å²) in [5.41, 5.74) is -1.06. The van der Waals surface area contributed by atoms with E-state index in [9.17, 15) is 9.59 Å². The van der Waals surface area contributed by atoms with Crippen LogP contribution in [0.3, 0.4) is 0 Å². The van der Waals surface area contributed by atoms with Crippen molar-refractivity contribution in [1.82, 2.24) is 9.80 Å². The fourth-order valence-electron chi connectivity index (χ4n) is 2.52. The molecule has 1 saturated carbocycles. The van der Waals surface area contributed by atoms with Gasteiger partial charge in [0.25, 0.3) is 5.91 Å². The standard InChI is InChI=1S/C15H26N2O4/c1-5-20-15(6-7-15)12(18)16-8-10-17(11-9-16)13(19)21-14(2,3)4/h5-11H2,1-4H3. The lowest BCUT2D eigenvalue weighted by molar-refractivity contribution is -0.148. The maximum absolute atomic E-state index is 12.4. The van der Waals surface area contributed by atoms with E-state index >= 15 is 0 Å². The van der Waals surface area contributed by atoms with E-state index < -0.39 is 11.2 Å². The van der Waals surface area contributed by atoms with Crippen molar-refractivity contribution in [3.8, 4) is 0 Å². The van der Waals surface area contributed by atoms with Gasteiger partial charge < -0.3 is 19.3 Å². The van der Waals surface area contributed by atoms with E-state index in [2.05, 4.69) is 0 Å². The van der Waals surface area contributed by atoms with Crippen molar-refractivity contribution in [3.63, 3.8) is 0 Å². The van der Waals surface area contributed by atoms with Crippen LogP contribution < -0.4 is 0 Å². The minimum atomic E-state index is -0.567. The normalized spacial score (nSPS) is 21.1. The van der Waals surface area contributed by atoms with Gasteiger partial charge in [0.2, 0.25) is 0 Å². The molecule has 1 saturated heterocycles. The molecule has 0 aromatic rings. The minimum Gasteiger partial charge on any atom is -0.444 e. The zero-order chi connectivity index (χ0) is 15.7. The SMILES string of the molecule is CCOC1(C(=O)N2CCN(C(=O)OC(C)(C)C)CC2)CC1. The van der Waals surface area contributed by atoms with Crippen LogP contribution in [0.25, 0.3) is 0 Å². The lowest BCUT2D eigenvalue weighted by Crippen LogP contribution is -2.54. The average Bonchev–Trinajstić information content (AvgIpc) is 3.17. The van der Waals surface area contributed by atoms with Gasteiger partial charge in [0.15, 0.2) is 0 Å². The molecule has 0 spiro atoms. The van der Waals surface area contributed by atoms with Crippen LogP contribution in [0.1, 0.15) is 40.5 Å². The van der Waals surface area contributed by atoms with Gasteiger partial charge in [-0.15, -0.1) is 0 Å². The van der Waals surface area contributed by atoms with Crippen molar-refractivity contribution in [3.05, 3.63) is 0 Å². The highest BCUT2D eigenvalue weighted by Crippen LogP contribution is 2.41. The molecule has 0 aromatic carbocycles. The fourth-order valence-corrected chi connectivity index (χ4v) is 2.52. The number of carbonyl (C=O) groups excluding carboxylic acids is 2. The third kappa shape index (κ3) is 3.87. The lowest BCUT2D eigenvalue weighted by Gasteiger charge is -2.37. The van der Waals surface area contributed by atoms with Crippen molar-refractivity contribution >= 4 is 12.0 Å². The first-order valence-electron chi connectivity index (χ1n) is 7.69. The van der Waals surface area contributed by atoms with E-state index in [0.29, 0.717) is 32.8 Å². The zero-order valence-corrected chi connectivity index (χ0v) is 13.5. The molecule has 1 aliphatic heterocycles. The monoisotopic (exact) mass is 298 g/mol. The topological polar surface area (TPSA) is 59.1 Å². The molecule has 2 rings (SSSR count). The van der Waals surface area contributed by atoms with Gasteiger partial charge in [0.05, 0.1) is 0 Å². The number of hydrogen-bond donors (Lipinski definition) is 0. The van der Waals surface area contributed by atoms with Crippen LogP contribution in [0.4, 0.5) is 4.79 Å². The Kier molecular flexibility index (Phi) is 4.46. The number of rotatable bonds is 3. The van der Waals surface area contributed by atoms with Crippen LogP contribution in [0.2, 0.25) is 0 Å². The Labute approximate surface area is 126 Å². The molecule has 0 bridgehead atoms. The number of amides is 2. The Bertz CT molecular complexity index is 404.